The van der Waals surface area contributed by atoms with E-state index in [1.54, 1.807) is 6.92 Å². The van der Waals surface area contributed by atoms with E-state index in [0.717, 1.165) is 0 Å². The molecule has 1 aliphatic rings. The number of amides is 1. The highest BCUT2D eigenvalue weighted by Crippen LogP contribution is 2.20. The molecule has 0 saturated carbocycles. The molecule has 0 spiro atoms. The van der Waals surface area contributed by atoms with E-state index >= 15 is 0 Å². The van der Waals surface area contributed by atoms with Crippen LogP contribution in [0.1, 0.15) is 26.2 Å². The number of likely N-dealkylation sites (tertiary alicyclic amines) is 1. The van der Waals surface area contributed by atoms with Crippen LogP contribution in [0.25, 0.3) is 0 Å². The average Bonchev–Trinajstić information content (AvgIpc) is 2.63. The van der Waals surface area contributed by atoms with E-state index < -0.39 is 21.4 Å². The first-order chi connectivity index (χ1) is 8.20. The van der Waals surface area contributed by atoms with E-state index in [1.807, 2.05) is 0 Å². The van der Waals surface area contributed by atoms with Gasteiger partial charge in [-0.05, 0) is 12.3 Å². The van der Waals surface area contributed by atoms with Crippen LogP contribution in [0.15, 0.2) is 0 Å². The Bertz CT molecular complexity index is 436. The first kappa shape index (κ1) is 14.9. The smallest absolute Gasteiger partial charge is 0.307 e. The Kier molecular flexibility index (Phi) is 4.66. The van der Waals surface area contributed by atoms with Crippen LogP contribution in [0.2, 0.25) is 0 Å². The predicted molar refractivity (Wildman–Crippen MR) is 61.0 cm³/mol. The summed E-state index contributed by atoms with van der Waals surface area (Å²) in [7, 11) is -4.60. The molecule has 1 saturated heterocycles. The molecule has 104 valence electrons. The van der Waals surface area contributed by atoms with Crippen LogP contribution in [0.4, 0.5) is 3.89 Å². The van der Waals surface area contributed by atoms with Gasteiger partial charge in [-0.2, -0.15) is 8.42 Å². The number of carboxylic acids is 1. The van der Waals surface area contributed by atoms with Gasteiger partial charge in [0.15, 0.2) is 0 Å². The van der Waals surface area contributed by atoms with Crippen LogP contribution in [0.3, 0.4) is 0 Å². The van der Waals surface area contributed by atoms with Crippen LogP contribution < -0.4 is 0 Å². The van der Waals surface area contributed by atoms with Gasteiger partial charge in [0, 0.05) is 25.9 Å². The van der Waals surface area contributed by atoms with Gasteiger partial charge >= 0.3 is 16.2 Å². The maximum atomic E-state index is 12.7. The lowest BCUT2D eigenvalue weighted by atomic mass is 10.0. The average molecular weight is 281 g/mol. The van der Waals surface area contributed by atoms with E-state index in [-0.39, 0.29) is 44.2 Å². The molecule has 0 aromatic carbocycles. The molecule has 0 aliphatic carbocycles. The Hall–Kier alpha value is -1.18. The molecule has 6 nitrogen and oxygen atoms in total. The monoisotopic (exact) mass is 281 g/mol. The van der Waals surface area contributed by atoms with E-state index in [9.17, 15) is 21.9 Å². The number of aliphatic carboxylic acids is 1. The third kappa shape index (κ3) is 4.25. The lowest BCUT2D eigenvalue weighted by molar-refractivity contribution is -0.138. The second-order valence-corrected chi connectivity index (χ2v) is 6.25. The zero-order chi connectivity index (χ0) is 13.9. The van der Waals surface area contributed by atoms with Gasteiger partial charge in [0.25, 0.3) is 0 Å². The molecule has 8 heteroatoms. The zero-order valence-corrected chi connectivity index (χ0v) is 10.8. The standard InChI is InChI=1S/C10H16FNO5S/c1-7(5-10(14)15)4-9(13)12-3-2-8(6-12)18(11,16)17/h7-8H,2-6H2,1H3,(H,14,15). The SMILES string of the molecule is CC(CC(=O)O)CC(=O)N1CCC(S(=O)(=O)F)C1. The Labute approximate surface area is 105 Å². The summed E-state index contributed by atoms with van der Waals surface area (Å²) in [5.74, 6) is -1.63. The Morgan fingerprint density at radius 3 is 2.50 bits per heavy atom. The van der Waals surface area contributed by atoms with Crippen molar-refractivity contribution in [2.45, 2.75) is 31.4 Å². The van der Waals surface area contributed by atoms with Crippen molar-refractivity contribution >= 4 is 22.1 Å². The fourth-order valence-corrected chi connectivity index (χ4v) is 2.73. The third-order valence-electron chi connectivity index (χ3n) is 2.94. The third-order valence-corrected chi connectivity index (χ3v) is 4.12. The minimum Gasteiger partial charge on any atom is -0.481 e. The van der Waals surface area contributed by atoms with Gasteiger partial charge in [0.1, 0.15) is 5.25 Å². The highest BCUT2D eigenvalue weighted by molar-refractivity contribution is 7.87. The van der Waals surface area contributed by atoms with Crippen molar-refractivity contribution in [1.82, 2.24) is 4.90 Å². The fourth-order valence-electron chi connectivity index (χ4n) is 1.98. The number of carboxylic acid groups (broad SMARTS) is 1. The Morgan fingerprint density at radius 2 is 2.06 bits per heavy atom. The summed E-state index contributed by atoms with van der Waals surface area (Å²) < 4.78 is 34.1. The number of halogens is 1. The lowest BCUT2D eigenvalue weighted by Crippen LogP contribution is -2.32. The summed E-state index contributed by atoms with van der Waals surface area (Å²) in [5.41, 5.74) is 0. The molecule has 0 aromatic heterocycles. The number of carbonyl (C=O) groups is 2. The number of hydrogen-bond acceptors (Lipinski definition) is 4. The van der Waals surface area contributed by atoms with Crippen molar-refractivity contribution in [3.05, 3.63) is 0 Å². The van der Waals surface area contributed by atoms with Gasteiger partial charge in [0.2, 0.25) is 5.91 Å². The van der Waals surface area contributed by atoms with Gasteiger partial charge in [0.05, 0.1) is 0 Å². The summed E-state index contributed by atoms with van der Waals surface area (Å²) in [6.45, 7) is 1.69. The fraction of sp³-hybridized carbons (Fsp3) is 0.800. The summed E-state index contributed by atoms with van der Waals surface area (Å²) in [6.07, 6.45) is 0.00760. The van der Waals surface area contributed by atoms with E-state index in [1.165, 1.54) is 4.90 Å². The van der Waals surface area contributed by atoms with Crippen LogP contribution in [0.5, 0.6) is 0 Å². The molecule has 1 heterocycles. The highest BCUT2D eigenvalue weighted by atomic mass is 32.3. The van der Waals surface area contributed by atoms with E-state index in [4.69, 9.17) is 5.11 Å². The molecule has 1 aliphatic heterocycles. The van der Waals surface area contributed by atoms with Crippen LogP contribution in [-0.2, 0) is 19.8 Å². The van der Waals surface area contributed by atoms with Gasteiger partial charge in [-0.15, -0.1) is 3.89 Å². The quantitative estimate of drug-likeness (QED) is 0.736. The number of nitrogens with zero attached hydrogens (tertiary/aromatic N) is 1. The molecule has 2 unspecified atom stereocenters. The molecule has 0 bridgehead atoms. The van der Waals surface area contributed by atoms with Gasteiger partial charge in [-0.3, -0.25) is 9.59 Å². The maximum Gasteiger partial charge on any atom is 0.307 e. The van der Waals surface area contributed by atoms with Gasteiger partial charge in [-0.1, -0.05) is 6.92 Å². The second-order valence-electron chi connectivity index (χ2n) is 4.63. The molecular formula is C10H16FNO5S. The van der Waals surface area contributed by atoms with Gasteiger partial charge < -0.3 is 10.0 Å². The molecule has 1 rings (SSSR count). The van der Waals surface area contributed by atoms with Crippen LogP contribution >= 0.6 is 0 Å². The summed E-state index contributed by atoms with van der Waals surface area (Å²) in [6, 6.07) is 0. The van der Waals surface area contributed by atoms with Crippen molar-refractivity contribution in [3.63, 3.8) is 0 Å². The Balaban J connectivity index is 2.48. The zero-order valence-electron chi connectivity index (χ0n) is 10.0. The normalized spacial score (nSPS) is 21.9. The molecule has 2 atom stereocenters. The van der Waals surface area contributed by atoms with Gasteiger partial charge in [-0.25, -0.2) is 0 Å². The minimum atomic E-state index is -4.60. The topological polar surface area (TPSA) is 91.8 Å². The predicted octanol–water partition coefficient (Wildman–Crippen LogP) is 0.387. The van der Waals surface area contributed by atoms with Crippen LogP contribution in [0, 0.1) is 5.92 Å². The van der Waals surface area contributed by atoms with Crippen molar-refractivity contribution in [1.29, 1.82) is 0 Å². The number of carbonyl (C=O) groups excluding carboxylic acids is 1. The van der Waals surface area contributed by atoms with Crippen molar-refractivity contribution in [2.24, 2.45) is 5.92 Å². The van der Waals surface area contributed by atoms with Crippen LogP contribution in [-0.4, -0.2) is 48.6 Å². The summed E-state index contributed by atoms with van der Waals surface area (Å²) >= 11 is 0. The molecule has 1 fully saturated rings. The number of rotatable bonds is 5. The highest BCUT2D eigenvalue weighted by Gasteiger charge is 2.35. The summed E-state index contributed by atoms with van der Waals surface area (Å²) in [5, 5.41) is 7.41. The second kappa shape index (κ2) is 5.64. The van der Waals surface area contributed by atoms with Crippen molar-refractivity contribution in [2.75, 3.05) is 13.1 Å². The Morgan fingerprint density at radius 1 is 1.44 bits per heavy atom. The van der Waals surface area contributed by atoms with Crippen molar-refractivity contribution < 1.29 is 27.0 Å². The largest absolute Gasteiger partial charge is 0.481 e. The number of hydrogen-bond donors (Lipinski definition) is 1. The first-order valence-electron chi connectivity index (χ1n) is 5.63. The summed E-state index contributed by atoms with van der Waals surface area (Å²) in [4.78, 5) is 23.4. The molecule has 1 N–H and O–H groups in total. The van der Waals surface area contributed by atoms with Crippen molar-refractivity contribution in [3.8, 4) is 0 Å². The lowest BCUT2D eigenvalue weighted by Gasteiger charge is -2.17. The minimum absolute atomic E-state index is 0.0331. The first-order valence-corrected chi connectivity index (χ1v) is 7.08. The molecular weight excluding hydrogens is 265 g/mol. The molecule has 0 radical (unpaired) electrons. The van der Waals surface area contributed by atoms with E-state index in [0.29, 0.717) is 0 Å². The maximum absolute atomic E-state index is 12.7. The van der Waals surface area contributed by atoms with E-state index in [2.05, 4.69) is 0 Å². The molecule has 18 heavy (non-hydrogen) atoms. The molecule has 1 amide bonds. The molecule has 0 aromatic rings.